The lowest BCUT2D eigenvalue weighted by atomic mass is 10.4. The van der Waals surface area contributed by atoms with Gasteiger partial charge in [0, 0.05) is 24.5 Å². The van der Waals surface area contributed by atoms with Crippen LogP contribution in [0.5, 0.6) is 0 Å². The van der Waals surface area contributed by atoms with Crippen molar-refractivity contribution in [3.8, 4) is 0 Å². The van der Waals surface area contributed by atoms with Crippen LogP contribution >= 0.6 is 0 Å². The molecule has 3 nitrogen and oxygen atoms in total. The molecule has 0 saturated carbocycles. The lowest BCUT2D eigenvalue weighted by molar-refractivity contribution is 0.469. The molecule has 0 aromatic carbocycles. The van der Waals surface area contributed by atoms with Gasteiger partial charge in [0.25, 0.3) is 0 Å². The largest absolute Gasteiger partial charge is 0.464 e. The monoisotopic (exact) mass is 189 g/mol. The molecule has 72 valence electrons. The van der Waals surface area contributed by atoms with Crippen LogP contribution in [-0.2, 0) is 6.54 Å². The second kappa shape index (κ2) is 3.54. The quantitative estimate of drug-likeness (QED) is 0.722. The Morgan fingerprint density at radius 2 is 1.93 bits per heavy atom. The first-order valence-corrected chi connectivity index (χ1v) is 4.45. The van der Waals surface area contributed by atoms with Gasteiger partial charge >= 0.3 is 0 Å². The molecule has 0 aliphatic rings. The molecular weight excluding hydrogens is 178 g/mol. The van der Waals surface area contributed by atoms with Crippen molar-refractivity contribution in [3.63, 3.8) is 0 Å². The van der Waals surface area contributed by atoms with Crippen molar-refractivity contribution in [2.45, 2.75) is 13.5 Å². The Labute approximate surface area is 81.6 Å². The zero-order chi connectivity index (χ0) is 9.97. The highest BCUT2D eigenvalue weighted by molar-refractivity contribution is 5.06. The molecule has 0 saturated heterocycles. The Hall–Kier alpha value is -1.77. The fraction of sp³-hybridized carbons (Fsp3) is 0.182. The summed E-state index contributed by atoms with van der Waals surface area (Å²) in [6, 6.07) is 6.94. The number of hydrogen-bond donors (Lipinski definition) is 0. The van der Waals surface area contributed by atoms with Gasteiger partial charge in [0.2, 0.25) is 0 Å². The molecule has 2 heterocycles. The van der Waals surface area contributed by atoms with Crippen LogP contribution in [0.2, 0.25) is 0 Å². The maximum atomic E-state index is 10.8. The van der Waals surface area contributed by atoms with Gasteiger partial charge in [-0.3, -0.25) is 4.79 Å². The van der Waals surface area contributed by atoms with Crippen LogP contribution in [0.25, 0.3) is 0 Å². The summed E-state index contributed by atoms with van der Waals surface area (Å²) in [5.41, 5.74) is 0.0249. The van der Waals surface area contributed by atoms with Crippen LogP contribution in [0.15, 0.2) is 45.9 Å². The van der Waals surface area contributed by atoms with E-state index in [2.05, 4.69) is 0 Å². The van der Waals surface area contributed by atoms with Gasteiger partial charge in [-0.05, 0) is 19.1 Å². The summed E-state index contributed by atoms with van der Waals surface area (Å²) in [7, 11) is 0. The molecule has 0 aliphatic heterocycles. The smallest absolute Gasteiger partial charge is 0.181 e. The summed E-state index contributed by atoms with van der Waals surface area (Å²) in [5, 5.41) is 0. The van der Waals surface area contributed by atoms with Gasteiger partial charge in [0.05, 0.1) is 6.54 Å². The zero-order valence-corrected chi connectivity index (χ0v) is 7.93. The van der Waals surface area contributed by atoms with Crippen molar-refractivity contribution < 1.29 is 4.42 Å². The maximum absolute atomic E-state index is 10.8. The van der Waals surface area contributed by atoms with Crippen molar-refractivity contribution in [1.82, 2.24) is 4.57 Å². The van der Waals surface area contributed by atoms with Crippen LogP contribution in [-0.4, -0.2) is 4.57 Å². The van der Waals surface area contributed by atoms with E-state index < -0.39 is 0 Å². The number of aryl methyl sites for hydroxylation is 1. The maximum Gasteiger partial charge on any atom is 0.181 e. The zero-order valence-electron chi connectivity index (χ0n) is 7.93. The van der Waals surface area contributed by atoms with Crippen LogP contribution in [0.4, 0.5) is 0 Å². The second-order valence-electron chi connectivity index (χ2n) is 3.22. The summed E-state index contributed by atoms with van der Waals surface area (Å²) in [4.78, 5) is 10.8. The van der Waals surface area contributed by atoms with Gasteiger partial charge in [-0.25, -0.2) is 0 Å². The molecule has 3 heteroatoms. The predicted octanol–water partition coefficient (Wildman–Crippen LogP) is 1.80. The first-order chi connectivity index (χ1) is 6.74. The van der Waals surface area contributed by atoms with Gasteiger partial charge in [0.15, 0.2) is 5.43 Å². The molecule has 2 aromatic heterocycles. The van der Waals surface area contributed by atoms with Crippen molar-refractivity contribution in [2.24, 2.45) is 0 Å². The third-order valence-corrected chi connectivity index (χ3v) is 1.99. The molecule has 2 aromatic rings. The van der Waals surface area contributed by atoms with Crippen molar-refractivity contribution >= 4 is 0 Å². The van der Waals surface area contributed by atoms with Crippen LogP contribution in [0, 0.1) is 6.92 Å². The first kappa shape index (κ1) is 8.81. The standard InChI is InChI=1S/C11H11NO2/c1-9-2-3-11(14-9)8-12-6-4-10(13)5-7-12/h2-7H,8H2,1H3. The third-order valence-electron chi connectivity index (χ3n) is 1.99. The molecule has 0 amide bonds. The van der Waals surface area contributed by atoms with E-state index >= 15 is 0 Å². The Balaban J connectivity index is 2.19. The number of hydrogen-bond acceptors (Lipinski definition) is 2. The number of aromatic nitrogens is 1. The molecule has 0 radical (unpaired) electrons. The normalized spacial score (nSPS) is 10.4. The fourth-order valence-corrected chi connectivity index (χ4v) is 1.30. The SMILES string of the molecule is Cc1ccc(Cn2ccc(=O)cc2)o1. The van der Waals surface area contributed by atoms with Gasteiger partial charge < -0.3 is 8.98 Å². The molecule has 0 fully saturated rings. The third kappa shape index (κ3) is 1.93. The van der Waals surface area contributed by atoms with Crippen LogP contribution in [0.1, 0.15) is 11.5 Å². The van der Waals surface area contributed by atoms with E-state index in [0.29, 0.717) is 6.54 Å². The Morgan fingerprint density at radius 1 is 1.21 bits per heavy atom. The first-order valence-electron chi connectivity index (χ1n) is 4.45. The molecule has 0 atom stereocenters. The minimum atomic E-state index is 0.0249. The highest BCUT2D eigenvalue weighted by atomic mass is 16.3. The van der Waals surface area contributed by atoms with E-state index in [1.54, 1.807) is 12.4 Å². The van der Waals surface area contributed by atoms with Crippen molar-refractivity contribution in [3.05, 3.63) is 58.4 Å². The molecule has 0 spiro atoms. The number of nitrogens with zero attached hydrogens (tertiary/aromatic N) is 1. The van der Waals surface area contributed by atoms with E-state index in [1.165, 1.54) is 12.1 Å². The number of pyridine rings is 1. The molecule has 0 N–H and O–H groups in total. The predicted molar refractivity (Wildman–Crippen MR) is 53.2 cm³/mol. The molecule has 0 aliphatic carbocycles. The van der Waals surface area contributed by atoms with Crippen LogP contribution in [0.3, 0.4) is 0 Å². The highest BCUT2D eigenvalue weighted by Gasteiger charge is 1.97. The Kier molecular flexibility index (Phi) is 2.23. The van der Waals surface area contributed by atoms with Gasteiger partial charge in [-0.1, -0.05) is 0 Å². The van der Waals surface area contributed by atoms with Gasteiger partial charge in [-0.2, -0.15) is 0 Å². The molecule has 2 rings (SSSR count). The summed E-state index contributed by atoms with van der Waals surface area (Å²) >= 11 is 0. The fourth-order valence-electron chi connectivity index (χ4n) is 1.30. The van der Waals surface area contributed by atoms with E-state index in [-0.39, 0.29) is 5.43 Å². The van der Waals surface area contributed by atoms with Crippen molar-refractivity contribution in [2.75, 3.05) is 0 Å². The lowest BCUT2D eigenvalue weighted by Gasteiger charge is -2.01. The topological polar surface area (TPSA) is 35.1 Å². The summed E-state index contributed by atoms with van der Waals surface area (Å²) in [5.74, 6) is 1.80. The Bertz CT molecular complexity index is 462. The van der Waals surface area contributed by atoms with Gasteiger partial charge in [0.1, 0.15) is 11.5 Å². The average Bonchev–Trinajstić information content (AvgIpc) is 2.56. The molecular formula is C11H11NO2. The van der Waals surface area contributed by atoms with E-state index in [4.69, 9.17) is 4.42 Å². The van der Waals surface area contributed by atoms with E-state index in [1.807, 2.05) is 23.6 Å². The summed E-state index contributed by atoms with van der Waals surface area (Å²) in [6.45, 7) is 2.57. The van der Waals surface area contributed by atoms with Crippen LogP contribution < -0.4 is 5.43 Å². The lowest BCUT2D eigenvalue weighted by Crippen LogP contribution is -2.03. The molecule has 14 heavy (non-hydrogen) atoms. The number of furan rings is 1. The molecule has 0 unspecified atom stereocenters. The molecule has 0 bridgehead atoms. The number of rotatable bonds is 2. The van der Waals surface area contributed by atoms with E-state index in [9.17, 15) is 4.79 Å². The highest BCUT2D eigenvalue weighted by Crippen LogP contribution is 2.07. The minimum absolute atomic E-state index is 0.0249. The summed E-state index contributed by atoms with van der Waals surface area (Å²) < 4.78 is 7.32. The van der Waals surface area contributed by atoms with Gasteiger partial charge in [-0.15, -0.1) is 0 Å². The van der Waals surface area contributed by atoms with Crippen molar-refractivity contribution in [1.29, 1.82) is 0 Å². The minimum Gasteiger partial charge on any atom is -0.464 e. The van der Waals surface area contributed by atoms with E-state index in [0.717, 1.165) is 11.5 Å². The summed E-state index contributed by atoms with van der Waals surface area (Å²) in [6.07, 6.45) is 3.50. The average molecular weight is 189 g/mol. The Morgan fingerprint density at radius 3 is 2.50 bits per heavy atom. The second-order valence-corrected chi connectivity index (χ2v) is 3.22.